The fourth-order valence-corrected chi connectivity index (χ4v) is 3.49. The highest BCUT2D eigenvalue weighted by molar-refractivity contribution is 6.21. The van der Waals surface area contributed by atoms with Crippen LogP contribution < -0.4 is 0 Å². The highest BCUT2D eigenvalue weighted by atomic mass is 35.5. The van der Waals surface area contributed by atoms with Gasteiger partial charge >= 0.3 is 0 Å². The van der Waals surface area contributed by atoms with E-state index in [-0.39, 0.29) is 5.38 Å². The monoisotopic (exact) mass is 259 g/mol. The van der Waals surface area contributed by atoms with Gasteiger partial charge in [0.05, 0.1) is 0 Å². The number of hydrogen-bond donors (Lipinski definition) is 0. The van der Waals surface area contributed by atoms with Crippen molar-refractivity contribution >= 4 is 22.4 Å². The summed E-state index contributed by atoms with van der Waals surface area (Å²) in [7, 11) is 0. The van der Waals surface area contributed by atoms with Gasteiger partial charge in [-0.05, 0) is 29.9 Å². The van der Waals surface area contributed by atoms with Crippen LogP contribution in [-0.4, -0.2) is 10.4 Å². The lowest BCUT2D eigenvalue weighted by atomic mass is 9.88. The van der Waals surface area contributed by atoms with Crippen LogP contribution in [0.4, 0.5) is 0 Å². The smallest absolute Gasteiger partial charge is 0.0404 e. The molecule has 1 aromatic carbocycles. The third-order valence-corrected chi connectivity index (χ3v) is 4.57. The minimum Gasteiger partial charge on any atom is -0.264 e. The quantitative estimate of drug-likeness (QED) is 0.525. The summed E-state index contributed by atoms with van der Waals surface area (Å²) in [5.74, 6) is 0.488. The number of benzene rings is 1. The van der Waals surface area contributed by atoms with Crippen molar-refractivity contribution in [2.24, 2.45) is 0 Å². The number of nitrogens with zero attached hydrogens (tertiary/aromatic N) is 1. The Kier molecular flexibility index (Phi) is 3.51. The molecule has 0 N–H and O–H groups in total. The van der Waals surface area contributed by atoms with Crippen molar-refractivity contribution in [1.82, 2.24) is 4.98 Å². The van der Waals surface area contributed by atoms with Crippen LogP contribution >= 0.6 is 11.6 Å². The molecule has 1 nitrogen and oxygen atoms in total. The van der Waals surface area contributed by atoms with Gasteiger partial charge in [-0.15, -0.1) is 11.6 Å². The lowest BCUT2D eigenvalue weighted by molar-refractivity contribution is 0.604. The minimum absolute atomic E-state index is 0.276. The molecule has 1 aromatic heterocycles. The van der Waals surface area contributed by atoms with E-state index >= 15 is 0 Å². The molecule has 18 heavy (non-hydrogen) atoms. The van der Waals surface area contributed by atoms with Gasteiger partial charge < -0.3 is 0 Å². The van der Waals surface area contributed by atoms with Crippen molar-refractivity contribution in [3.05, 3.63) is 42.2 Å². The Morgan fingerprint density at radius 2 is 1.94 bits per heavy atom. The van der Waals surface area contributed by atoms with Crippen LogP contribution in [0.2, 0.25) is 0 Å². The van der Waals surface area contributed by atoms with Gasteiger partial charge in [0.2, 0.25) is 0 Å². The summed E-state index contributed by atoms with van der Waals surface area (Å²) in [4.78, 5) is 4.27. The summed E-state index contributed by atoms with van der Waals surface area (Å²) < 4.78 is 0. The first kappa shape index (κ1) is 12.0. The fourth-order valence-electron chi connectivity index (χ4n) is 3.07. The standard InChI is InChI=1S/C16H18ClN/c17-16-8-3-1-2-6-14(16)13-7-4-5-12-9-10-18-11-15(12)13/h4-5,7,9-11,14,16H,1-3,6,8H2. The summed E-state index contributed by atoms with van der Waals surface area (Å²) in [5, 5.41) is 2.83. The number of alkyl halides is 1. The maximum Gasteiger partial charge on any atom is 0.0404 e. The van der Waals surface area contributed by atoms with Crippen molar-refractivity contribution in [3.63, 3.8) is 0 Å². The number of halogens is 1. The molecule has 2 atom stereocenters. The number of aromatic nitrogens is 1. The molecule has 2 unspecified atom stereocenters. The number of rotatable bonds is 1. The van der Waals surface area contributed by atoms with E-state index in [0.717, 1.165) is 6.42 Å². The molecule has 1 aliphatic rings. The van der Waals surface area contributed by atoms with Gasteiger partial charge in [-0.1, -0.05) is 37.5 Å². The van der Waals surface area contributed by atoms with E-state index in [1.54, 1.807) is 0 Å². The summed E-state index contributed by atoms with van der Waals surface area (Å²) in [6.45, 7) is 0. The van der Waals surface area contributed by atoms with Crippen molar-refractivity contribution < 1.29 is 0 Å². The maximum absolute atomic E-state index is 6.60. The normalized spacial score (nSPS) is 24.9. The van der Waals surface area contributed by atoms with Crippen molar-refractivity contribution in [3.8, 4) is 0 Å². The third-order valence-electron chi connectivity index (χ3n) is 4.05. The van der Waals surface area contributed by atoms with Crippen LogP contribution in [0.3, 0.4) is 0 Å². The first-order valence-corrected chi connectivity index (χ1v) is 7.26. The van der Waals surface area contributed by atoms with Crippen LogP contribution in [-0.2, 0) is 0 Å². The van der Waals surface area contributed by atoms with Gasteiger partial charge in [0.1, 0.15) is 0 Å². The van der Waals surface area contributed by atoms with E-state index in [1.165, 1.54) is 42.0 Å². The topological polar surface area (TPSA) is 12.9 Å². The Morgan fingerprint density at radius 1 is 1.06 bits per heavy atom. The van der Waals surface area contributed by atoms with E-state index < -0.39 is 0 Å². The lowest BCUT2D eigenvalue weighted by Gasteiger charge is -2.21. The van der Waals surface area contributed by atoms with Gasteiger partial charge in [-0.2, -0.15) is 0 Å². The summed E-state index contributed by atoms with van der Waals surface area (Å²) in [6, 6.07) is 8.61. The molecule has 1 aliphatic carbocycles. The highest BCUT2D eigenvalue weighted by Crippen LogP contribution is 2.38. The predicted octanol–water partition coefficient (Wildman–Crippen LogP) is 4.89. The van der Waals surface area contributed by atoms with Gasteiger partial charge in [0.15, 0.2) is 0 Å². The summed E-state index contributed by atoms with van der Waals surface area (Å²) in [5.41, 5.74) is 1.39. The zero-order chi connectivity index (χ0) is 12.4. The lowest BCUT2D eigenvalue weighted by Crippen LogP contribution is -2.11. The molecule has 1 saturated carbocycles. The molecule has 2 aromatic rings. The Labute approximate surface area is 113 Å². The van der Waals surface area contributed by atoms with Gasteiger partial charge in [0, 0.05) is 29.1 Å². The van der Waals surface area contributed by atoms with Crippen LogP contribution in [0.25, 0.3) is 10.8 Å². The molecule has 0 radical (unpaired) electrons. The van der Waals surface area contributed by atoms with E-state index in [4.69, 9.17) is 11.6 Å². The summed E-state index contributed by atoms with van der Waals surface area (Å²) in [6.07, 6.45) is 10.1. The molecular formula is C16H18ClN. The molecule has 0 bridgehead atoms. The average Bonchev–Trinajstić information content (AvgIpc) is 2.63. The highest BCUT2D eigenvalue weighted by Gasteiger charge is 2.24. The molecular weight excluding hydrogens is 242 g/mol. The largest absolute Gasteiger partial charge is 0.264 e. The Bertz CT molecular complexity index is 532. The number of fused-ring (bicyclic) bond motifs is 1. The molecule has 0 spiro atoms. The number of pyridine rings is 1. The van der Waals surface area contributed by atoms with E-state index in [1.807, 2.05) is 12.4 Å². The Hall–Kier alpha value is -1.08. The second kappa shape index (κ2) is 5.27. The second-order valence-electron chi connectivity index (χ2n) is 5.20. The van der Waals surface area contributed by atoms with Crippen molar-refractivity contribution in [2.45, 2.75) is 43.4 Å². The SMILES string of the molecule is ClC1CCCCCC1c1cccc2ccncc12. The third kappa shape index (κ3) is 2.24. The molecule has 2 heteroatoms. The molecule has 0 aliphatic heterocycles. The molecule has 1 fully saturated rings. The van der Waals surface area contributed by atoms with E-state index in [0.29, 0.717) is 5.92 Å². The van der Waals surface area contributed by atoms with Gasteiger partial charge in [0.25, 0.3) is 0 Å². The Morgan fingerprint density at radius 3 is 2.89 bits per heavy atom. The Balaban J connectivity index is 2.07. The fraction of sp³-hybridized carbons (Fsp3) is 0.438. The van der Waals surface area contributed by atoms with Crippen LogP contribution in [0, 0.1) is 0 Å². The zero-order valence-corrected chi connectivity index (χ0v) is 11.2. The molecule has 94 valence electrons. The van der Waals surface area contributed by atoms with Crippen LogP contribution in [0.5, 0.6) is 0 Å². The van der Waals surface area contributed by atoms with Crippen LogP contribution in [0.15, 0.2) is 36.7 Å². The van der Waals surface area contributed by atoms with Gasteiger partial charge in [-0.25, -0.2) is 0 Å². The molecule has 3 rings (SSSR count). The first-order chi connectivity index (χ1) is 8.86. The van der Waals surface area contributed by atoms with E-state index in [2.05, 4.69) is 29.2 Å². The average molecular weight is 260 g/mol. The minimum atomic E-state index is 0.276. The predicted molar refractivity (Wildman–Crippen MR) is 77.2 cm³/mol. The van der Waals surface area contributed by atoms with Crippen molar-refractivity contribution in [1.29, 1.82) is 0 Å². The summed E-state index contributed by atoms with van der Waals surface area (Å²) >= 11 is 6.60. The maximum atomic E-state index is 6.60. The molecule has 1 heterocycles. The zero-order valence-electron chi connectivity index (χ0n) is 10.5. The molecule has 0 saturated heterocycles. The van der Waals surface area contributed by atoms with Crippen LogP contribution in [0.1, 0.15) is 43.6 Å². The molecule has 0 amide bonds. The first-order valence-electron chi connectivity index (χ1n) is 6.83. The second-order valence-corrected chi connectivity index (χ2v) is 5.77. The van der Waals surface area contributed by atoms with Crippen molar-refractivity contribution in [2.75, 3.05) is 0 Å². The number of hydrogen-bond acceptors (Lipinski definition) is 1. The van der Waals surface area contributed by atoms with Gasteiger partial charge in [-0.3, -0.25) is 4.98 Å². The van der Waals surface area contributed by atoms with E-state index in [9.17, 15) is 0 Å².